The van der Waals surface area contributed by atoms with Gasteiger partial charge in [-0.25, -0.2) is 0 Å². The molecule has 0 aliphatic heterocycles. The van der Waals surface area contributed by atoms with Crippen LogP contribution in [-0.4, -0.2) is 10.2 Å². The zero-order chi connectivity index (χ0) is 17.1. The van der Waals surface area contributed by atoms with Crippen molar-refractivity contribution in [2.45, 2.75) is 6.54 Å². The van der Waals surface area contributed by atoms with Gasteiger partial charge in [0.1, 0.15) is 5.69 Å². The molecule has 3 nitrogen and oxygen atoms in total. The highest BCUT2D eigenvalue weighted by Crippen LogP contribution is 2.30. The molecule has 0 bridgehead atoms. The fourth-order valence-corrected chi connectivity index (χ4v) is 2.96. The van der Waals surface area contributed by atoms with Crippen LogP contribution in [0.4, 0.5) is 5.82 Å². The predicted molar refractivity (Wildman–Crippen MR) is 104 cm³/mol. The van der Waals surface area contributed by atoms with Crippen molar-refractivity contribution in [3.63, 3.8) is 0 Å². The van der Waals surface area contributed by atoms with Crippen LogP contribution in [0.1, 0.15) is 5.56 Å². The number of hydrogen-bond donors (Lipinski definition) is 1. The largest absolute Gasteiger partial charge is 0.364 e. The summed E-state index contributed by atoms with van der Waals surface area (Å²) in [7, 11) is 0. The molecule has 0 unspecified atom stereocenters. The highest BCUT2D eigenvalue weighted by molar-refractivity contribution is 6.30. The summed E-state index contributed by atoms with van der Waals surface area (Å²) in [6.07, 6.45) is 0. The second-order valence-corrected chi connectivity index (χ2v) is 6.23. The van der Waals surface area contributed by atoms with Gasteiger partial charge >= 0.3 is 0 Å². The van der Waals surface area contributed by atoms with Gasteiger partial charge in [0.05, 0.1) is 0 Å². The average Bonchev–Trinajstić information content (AvgIpc) is 2.68. The number of nitrogens with one attached hydrogen (secondary N) is 1. The number of aromatic nitrogens is 2. The van der Waals surface area contributed by atoms with E-state index in [-0.39, 0.29) is 0 Å². The summed E-state index contributed by atoms with van der Waals surface area (Å²) in [6, 6.07) is 26.1. The van der Waals surface area contributed by atoms with E-state index in [0.717, 1.165) is 27.8 Å². The topological polar surface area (TPSA) is 37.8 Å². The van der Waals surface area contributed by atoms with Crippen LogP contribution < -0.4 is 5.32 Å². The fourth-order valence-electron chi connectivity index (χ4n) is 2.84. The van der Waals surface area contributed by atoms with Gasteiger partial charge in [-0.05, 0) is 17.7 Å². The summed E-state index contributed by atoms with van der Waals surface area (Å²) in [4.78, 5) is 0. The molecule has 1 heterocycles. The highest BCUT2D eigenvalue weighted by atomic mass is 35.5. The smallest absolute Gasteiger partial charge is 0.156 e. The van der Waals surface area contributed by atoms with E-state index in [4.69, 9.17) is 11.6 Å². The third-order valence-corrected chi connectivity index (χ3v) is 4.36. The Balaban J connectivity index is 1.73. The van der Waals surface area contributed by atoms with E-state index in [9.17, 15) is 0 Å². The van der Waals surface area contributed by atoms with Crippen LogP contribution in [0.2, 0.25) is 5.02 Å². The van der Waals surface area contributed by atoms with E-state index < -0.39 is 0 Å². The van der Waals surface area contributed by atoms with Crippen molar-refractivity contribution in [2.75, 3.05) is 5.32 Å². The van der Waals surface area contributed by atoms with Gasteiger partial charge in [-0.2, -0.15) is 0 Å². The van der Waals surface area contributed by atoms with Gasteiger partial charge in [0, 0.05) is 27.9 Å². The number of benzene rings is 3. The van der Waals surface area contributed by atoms with E-state index in [2.05, 4.69) is 39.8 Å². The molecule has 0 aliphatic rings. The molecular formula is C21H16ClN3. The SMILES string of the molecule is Clc1ccc(-c2nnc(NCc3ccccc3)c3ccccc23)cc1. The average molecular weight is 346 g/mol. The normalized spacial score (nSPS) is 10.8. The van der Waals surface area contributed by atoms with Crippen LogP contribution >= 0.6 is 11.6 Å². The van der Waals surface area contributed by atoms with E-state index in [0.29, 0.717) is 11.6 Å². The van der Waals surface area contributed by atoms with Crippen molar-refractivity contribution in [1.82, 2.24) is 10.2 Å². The summed E-state index contributed by atoms with van der Waals surface area (Å²) in [6.45, 7) is 0.708. The number of fused-ring (bicyclic) bond motifs is 1. The highest BCUT2D eigenvalue weighted by Gasteiger charge is 2.10. The molecule has 0 saturated heterocycles. The minimum absolute atomic E-state index is 0.708. The number of rotatable bonds is 4. The van der Waals surface area contributed by atoms with Gasteiger partial charge in [0.2, 0.25) is 0 Å². The Hall–Kier alpha value is -2.91. The zero-order valence-electron chi connectivity index (χ0n) is 13.5. The molecule has 25 heavy (non-hydrogen) atoms. The van der Waals surface area contributed by atoms with E-state index >= 15 is 0 Å². The number of anilines is 1. The summed E-state index contributed by atoms with van der Waals surface area (Å²) in [5.74, 6) is 0.789. The van der Waals surface area contributed by atoms with Gasteiger partial charge in [0.15, 0.2) is 5.82 Å². The molecule has 0 atom stereocenters. The lowest BCUT2D eigenvalue weighted by Gasteiger charge is -2.11. The van der Waals surface area contributed by atoms with Gasteiger partial charge in [-0.1, -0.05) is 78.3 Å². The summed E-state index contributed by atoms with van der Waals surface area (Å²) >= 11 is 6.00. The third kappa shape index (κ3) is 3.32. The summed E-state index contributed by atoms with van der Waals surface area (Å²) < 4.78 is 0. The first kappa shape index (κ1) is 15.6. The van der Waals surface area contributed by atoms with Gasteiger partial charge < -0.3 is 5.32 Å². The molecular weight excluding hydrogens is 330 g/mol. The third-order valence-electron chi connectivity index (χ3n) is 4.11. The summed E-state index contributed by atoms with van der Waals surface area (Å²) in [5, 5.41) is 15.1. The minimum atomic E-state index is 0.708. The number of halogens is 1. The molecule has 122 valence electrons. The van der Waals surface area contributed by atoms with Crippen molar-refractivity contribution < 1.29 is 0 Å². The summed E-state index contributed by atoms with van der Waals surface area (Å²) in [5.41, 5.74) is 3.07. The molecule has 4 rings (SSSR count). The predicted octanol–water partition coefficient (Wildman–Crippen LogP) is 5.56. The molecule has 4 heteroatoms. The number of nitrogens with zero attached hydrogens (tertiary/aromatic N) is 2. The first-order valence-electron chi connectivity index (χ1n) is 8.10. The fraction of sp³-hybridized carbons (Fsp3) is 0.0476. The quantitative estimate of drug-likeness (QED) is 0.526. The lowest BCUT2D eigenvalue weighted by atomic mass is 10.0. The zero-order valence-corrected chi connectivity index (χ0v) is 14.2. The standard InChI is InChI=1S/C21H16ClN3/c22-17-12-10-16(11-13-17)20-18-8-4-5-9-19(18)21(25-24-20)23-14-15-6-2-1-3-7-15/h1-13H,14H2,(H,23,25). The van der Waals surface area contributed by atoms with E-state index in [1.165, 1.54) is 5.56 Å². The first-order valence-corrected chi connectivity index (χ1v) is 8.48. The van der Waals surface area contributed by atoms with Crippen LogP contribution in [0.3, 0.4) is 0 Å². The van der Waals surface area contributed by atoms with Crippen molar-refractivity contribution in [3.8, 4) is 11.3 Å². The monoisotopic (exact) mass is 345 g/mol. The maximum Gasteiger partial charge on any atom is 0.156 e. The van der Waals surface area contributed by atoms with Crippen molar-refractivity contribution in [2.24, 2.45) is 0 Å². The molecule has 4 aromatic rings. The molecule has 0 aliphatic carbocycles. The van der Waals surface area contributed by atoms with Crippen molar-refractivity contribution in [1.29, 1.82) is 0 Å². The lowest BCUT2D eigenvalue weighted by Crippen LogP contribution is -2.04. The van der Waals surface area contributed by atoms with Gasteiger partial charge in [-0.15, -0.1) is 10.2 Å². The molecule has 1 N–H and O–H groups in total. The van der Waals surface area contributed by atoms with Crippen molar-refractivity contribution in [3.05, 3.63) is 89.4 Å². The Morgan fingerprint density at radius 1 is 0.720 bits per heavy atom. The van der Waals surface area contributed by atoms with E-state index in [1.54, 1.807) is 0 Å². The number of hydrogen-bond acceptors (Lipinski definition) is 3. The van der Waals surface area contributed by atoms with Gasteiger partial charge in [-0.3, -0.25) is 0 Å². The maximum absolute atomic E-state index is 6.00. The Morgan fingerprint density at radius 3 is 2.16 bits per heavy atom. The molecule has 0 fully saturated rings. The minimum Gasteiger partial charge on any atom is -0.364 e. The van der Waals surface area contributed by atoms with Crippen LogP contribution in [0, 0.1) is 0 Å². The van der Waals surface area contributed by atoms with Crippen LogP contribution in [0.5, 0.6) is 0 Å². The van der Waals surface area contributed by atoms with E-state index in [1.807, 2.05) is 54.6 Å². The maximum atomic E-state index is 6.00. The molecule has 3 aromatic carbocycles. The van der Waals surface area contributed by atoms with Gasteiger partial charge in [0.25, 0.3) is 0 Å². The molecule has 0 spiro atoms. The Bertz CT molecular complexity index is 998. The van der Waals surface area contributed by atoms with Crippen LogP contribution in [0.15, 0.2) is 78.9 Å². The second kappa shape index (κ2) is 6.91. The second-order valence-electron chi connectivity index (χ2n) is 5.79. The van der Waals surface area contributed by atoms with Crippen LogP contribution in [0.25, 0.3) is 22.0 Å². The lowest BCUT2D eigenvalue weighted by molar-refractivity contribution is 1.02. The van der Waals surface area contributed by atoms with Crippen molar-refractivity contribution >= 4 is 28.2 Å². The Labute approximate surface area is 151 Å². The molecule has 0 amide bonds. The first-order chi connectivity index (χ1) is 12.3. The molecule has 1 aromatic heterocycles. The van der Waals surface area contributed by atoms with Crippen LogP contribution in [-0.2, 0) is 6.54 Å². The molecule has 0 saturated carbocycles. The molecule has 0 radical (unpaired) electrons. The Morgan fingerprint density at radius 2 is 1.40 bits per heavy atom. The Kier molecular flexibility index (Phi) is 4.32.